The number of amides is 1. The Morgan fingerprint density at radius 3 is 2.83 bits per heavy atom. The zero-order valence-electron chi connectivity index (χ0n) is 12.9. The Hall–Kier alpha value is -2.36. The summed E-state index contributed by atoms with van der Waals surface area (Å²) in [7, 11) is 0. The lowest BCUT2D eigenvalue weighted by Gasteiger charge is -2.34. The van der Waals surface area contributed by atoms with Gasteiger partial charge in [-0.05, 0) is 34.5 Å². The Labute approximate surface area is 138 Å². The second-order valence-corrected chi connectivity index (χ2v) is 5.66. The molecule has 1 aromatic carbocycles. The molecule has 3 N–H and O–H groups in total. The van der Waals surface area contributed by atoms with E-state index in [-0.39, 0.29) is 12.5 Å². The summed E-state index contributed by atoms with van der Waals surface area (Å²) in [5, 5.41) is 33.0. The predicted octanol–water partition coefficient (Wildman–Crippen LogP) is -1.04. The van der Waals surface area contributed by atoms with Gasteiger partial charge in [-0.25, -0.2) is 4.68 Å². The number of carbonyl (C=O) groups excluding carboxylic acids is 1. The second kappa shape index (κ2) is 7.47. The van der Waals surface area contributed by atoms with Gasteiger partial charge in [-0.15, -0.1) is 5.10 Å². The van der Waals surface area contributed by atoms with Crippen molar-refractivity contribution in [2.45, 2.75) is 31.2 Å². The number of nitrogens with zero attached hydrogens (tertiary/aromatic N) is 4. The Kier molecular flexibility index (Phi) is 5.14. The molecule has 1 saturated heterocycles. The first-order valence-electron chi connectivity index (χ1n) is 7.68. The number of rotatable bonds is 5. The molecule has 1 aromatic heterocycles. The van der Waals surface area contributed by atoms with Crippen LogP contribution in [0.3, 0.4) is 0 Å². The third-order valence-electron chi connectivity index (χ3n) is 4.00. The monoisotopic (exact) mass is 333 g/mol. The van der Waals surface area contributed by atoms with Gasteiger partial charge in [-0.2, -0.15) is 0 Å². The molecule has 1 aliphatic heterocycles. The molecule has 2 aromatic rings. The molecule has 128 valence electrons. The number of ether oxygens (including phenoxy) is 1. The number of hydrogen-bond acceptors (Lipinski definition) is 7. The number of tetrazole rings is 1. The van der Waals surface area contributed by atoms with Crippen molar-refractivity contribution in [1.82, 2.24) is 25.5 Å². The van der Waals surface area contributed by atoms with Crippen LogP contribution in [-0.4, -0.2) is 67.8 Å². The van der Waals surface area contributed by atoms with Crippen molar-refractivity contribution in [3.8, 4) is 0 Å². The van der Waals surface area contributed by atoms with Crippen LogP contribution in [0.1, 0.15) is 22.3 Å². The zero-order chi connectivity index (χ0) is 16.9. The van der Waals surface area contributed by atoms with Gasteiger partial charge in [0.05, 0.1) is 19.2 Å². The molecule has 3 rings (SSSR count). The summed E-state index contributed by atoms with van der Waals surface area (Å²) >= 11 is 0. The first-order valence-corrected chi connectivity index (χ1v) is 7.68. The minimum atomic E-state index is -0.924. The highest BCUT2D eigenvalue weighted by molar-refractivity contribution is 5.94. The summed E-state index contributed by atoms with van der Waals surface area (Å²) in [6.07, 6.45) is 0.431. The quantitative estimate of drug-likeness (QED) is 0.639. The number of aliphatic hydroxyl groups is 2. The standard InChI is InChI=1S/C15H19N5O4/c21-8-13-14(22)12(5-6-24-13)17-15(23)11-3-1-10(2-4-11)7-20-9-16-18-19-20/h1-4,9,12-14,21-22H,5-8H2,(H,17,23)/t12-,13+,14-/m0/s1. The maximum absolute atomic E-state index is 12.3. The molecule has 0 saturated carbocycles. The van der Waals surface area contributed by atoms with Crippen LogP contribution in [0.5, 0.6) is 0 Å². The van der Waals surface area contributed by atoms with Crippen LogP contribution in [0.2, 0.25) is 0 Å². The number of aromatic nitrogens is 4. The normalized spacial score (nSPS) is 23.8. The van der Waals surface area contributed by atoms with Crippen molar-refractivity contribution in [2.24, 2.45) is 0 Å². The molecule has 24 heavy (non-hydrogen) atoms. The van der Waals surface area contributed by atoms with Crippen molar-refractivity contribution in [3.63, 3.8) is 0 Å². The largest absolute Gasteiger partial charge is 0.394 e. The van der Waals surface area contributed by atoms with Gasteiger partial charge in [0.25, 0.3) is 5.91 Å². The second-order valence-electron chi connectivity index (χ2n) is 5.66. The smallest absolute Gasteiger partial charge is 0.251 e. The zero-order valence-corrected chi connectivity index (χ0v) is 12.9. The highest BCUT2D eigenvalue weighted by Crippen LogP contribution is 2.15. The highest BCUT2D eigenvalue weighted by atomic mass is 16.5. The maximum atomic E-state index is 12.3. The first-order chi connectivity index (χ1) is 11.7. The third-order valence-corrected chi connectivity index (χ3v) is 4.00. The van der Waals surface area contributed by atoms with E-state index in [9.17, 15) is 9.90 Å². The number of carbonyl (C=O) groups is 1. The van der Waals surface area contributed by atoms with Gasteiger partial charge in [0, 0.05) is 12.2 Å². The minimum Gasteiger partial charge on any atom is -0.394 e. The van der Waals surface area contributed by atoms with E-state index in [0.717, 1.165) is 5.56 Å². The van der Waals surface area contributed by atoms with Gasteiger partial charge in [-0.3, -0.25) is 4.79 Å². The summed E-state index contributed by atoms with van der Waals surface area (Å²) in [5.41, 5.74) is 1.46. The Morgan fingerprint density at radius 2 is 2.17 bits per heavy atom. The lowest BCUT2D eigenvalue weighted by molar-refractivity contribution is -0.107. The first kappa shape index (κ1) is 16.5. The van der Waals surface area contributed by atoms with Gasteiger partial charge in [0.15, 0.2) is 0 Å². The molecule has 2 heterocycles. The van der Waals surface area contributed by atoms with Crippen LogP contribution in [0.25, 0.3) is 0 Å². The molecule has 0 bridgehead atoms. The van der Waals surface area contributed by atoms with Crippen molar-refractivity contribution in [3.05, 3.63) is 41.7 Å². The van der Waals surface area contributed by atoms with Gasteiger partial charge >= 0.3 is 0 Å². The van der Waals surface area contributed by atoms with E-state index < -0.39 is 18.2 Å². The Morgan fingerprint density at radius 1 is 1.38 bits per heavy atom. The SMILES string of the molecule is O=C(N[C@H]1CCO[C@H](CO)[C@H]1O)c1ccc(Cn2cnnn2)cc1. The molecule has 9 heteroatoms. The van der Waals surface area contributed by atoms with E-state index >= 15 is 0 Å². The van der Waals surface area contributed by atoms with E-state index in [1.807, 2.05) is 12.1 Å². The molecule has 1 amide bonds. The van der Waals surface area contributed by atoms with Crippen molar-refractivity contribution in [2.75, 3.05) is 13.2 Å². The van der Waals surface area contributed by atoms with Crippen molar-refractivity contribution < 1.29 is 19.7 Å². The molecule has 1 fully saturated rings. The van der Waals surface area contributed by atoms with Gasteiger partial charge in [-0.1, -0.05) is 12.1 Å². The number of hydrogen-bond donors (Lipinski definition) is 3. The third kappa shape index (κ3) is 3.75. The van der Waals surface area contributed by atoms with E-state index in [4.69, 9.17) is 9.84 Å². The molecular formula is C15H19N5O4. The maximum Gasteiger partial charge on any atom is 0.251 e. The Bertz CT molecular complexity index is 661. The average Bonchev–Trinajstić information content (AvgIpc) is 3.10. The van der Waals surface area contributed by atoms with Crippen LogP contribution in [0, 0.1) is 0 Å². The van der Waals surface area contributed by atoms with E-state index in [0.29, 0.717) is 25.1 Å². The number of benzene rings is 1. The van der Waals surface area contributed by atoms with Crippen LogP contribution in [0.15, 0.2) is 30.6 Å². The predicted molar refractivity (Wildman–Crippen MR) is 82.1 cm³/mol. The number of aliphatic hydroxyl groups excluding tert-OH is 2. The topological polar surface area (TPSA) is 122 Å². The minimum absolute atomic E-state index is 0.272. The van der Waals surface area contributed by atoms with Crippen LogP contribution >= 0.6 is 0 Å². The van der Waals surface area contributed by atoms with Crippen LogP contribution in [-0.2, 0) is 11.3 Å². The Balaban J connectivity index is 1.60. The fraction of sp³-hybridized carbons (Fsp3) is 0.467. The summed E-state index contributed by atoms with van der Waals surface area (Å²) in [6.45, 7) is 0.628. The van der Waals surface area contributed by atoms with Crippen LogP contribution < -0.4 is 5.32 Å². The fourth-order valence-electron chi connectivity index (χ4n) is 2.65. The molecule has 0 unspecified atom stereocenters. The molecule has 1 aliphatic rings. The van der Waals surface area contributed by atoms with E-state index in [1.165, 1.54) is 6.33 Å². The summed E-state index contributed by atoms with van der Waals surface area (Å²) in [6, 6.07) is 6.64. The molecule has 0 spiro atoms. The molecule has 0 aliphatic carbocycles. The van der Waals surface area contributed by atoms with Gasteiger partial charge < -0.3 is 20.3 Å². The van der Waals surface area contributed by atoms with Gasteiger partial charge in [0.2, 0.25) is 0 Å². The van der Waals surface area contributed by atoms with E-state index in [2.05, 4.69) is 20.8 Å². The summed E-state index contributed by atoms with van der Waals surface area (Å²) < 4.78 is 6.84. The van der Waals surface area contributed by atoms with Crippen LogP contribution in [0.4, 0.5) is 0 Å². The lowest BCUT2D eigenvalue weighted by atomic mass is 9.99. The number of nitrogens with one attached hydrogen (secondary N) is 1. The fourth-order valence-corrected chi connectivity index (χ4v) is 2.65. The van der Waals surface area contributed by atoms with Crippen molar-refractivity contribution >= 4 is 5.91 Å². The molecule has 3 atom stereocenters. The van der Waals surface area contributed by atoms with Crippen molar-refractivity contribution in [1.29, 1.82) is 0 Å². The molecule has 9 nitrogen and oxygen atoms in total. The summed E-state index contributed by atoms with van der Waals surface area (Å²) in [5.74, 6) is -0.272. The van der Waals surface area contributed by atoms with E-state index in [1.54, 1.807) is 16.8 Å². The van der Waals surface area contributed by atoms with Gasteiger partial charge in [0.1, 0.15) is 18.5 Å². The molecule has 0 radical (unpaired) electrons. The average molecular weight is 333 g/mol. The summed E-state index contributed by atoms with van der Waals surface area (Å²) in [4.78, 5) is 12.3. The lowest BCUT2D eigenvalue weighted by Crippen LogP contribution is -2.54. The molecular weight excluding hydrogens is 314 g/mol. The highest BCUT2D eigenvalue weighted by Gasteiger charge is 2.33.